The van der Waals surface area contributed by atoms with Gasteiger partial charge in [0.15, 0.2) is 0 Å². The molecule has 0 bridgehead atoms. The number of nitrogens with one attached hydrogen (secondary N) is 1. The Kier molecular flexibility index (Phi) is 3.78. The summed E-state index contributed by atoms with van der Waals surface area (Å²) in [5, 5.41) is 0. The van der Waals surface area contributed by atoms with Crippen LogP contribution >= 0.6 is 0 Å². The van der Waals surface area contributed by atoms with Crippen molar-refractivity contribution >= 4 is 11.6 Å². The van der Waals surface area contributed by atoms with E-state index in [-0.39, 0.29) is 18.1 Å². The summed E-state index contributed by atoms with van der Waals surface area (Å²) < 4.78 is 5.61. The Morgan fingerprint density at radius 1 is 1.50 bits per heavy atom. The summed E-state index contributed by atoms with van der Waals surface area (Å²) in [6.07, 6.45) is 3.23. The zero-order valence-corrected chi connectivity index (χ0v) is 10.6. The highest BCUT2D eigenvalue weighted by Crippen LogP contribution is 2.18. The lowest BCUT2D eigenvalue weighted by atomic mass is 10.1. The number of nitrogens with two attached hydrogens (primary N) is 1. The molecule has 1 aromatic heterocycles. The number of amides is 1. The molecule has 1 saturated heterocycles. The molecule has 0 aromatic carbocycles. The summed E-state index contributed by atoms with van der Waals surface area (Å²) in [7, 11) is 0. The van der Waals surface area contributed by atoms with Gasteiger partial charge in [0.1, 0.15) is 0 Å². The van der Waals surface area contributed by atoms with Crippen LogP contribution in [0.15, 0.2) is 18.5 Å². The number of pyridine rings is 1. The first-order valence-corrected chi connectivity index (χ1v) is 5.97. The normalized spacial score (nSPS) is 23.8. The van der Waals surface area contributed by atoms with E-state index < -0.39 is 0 Å². The van der Waals surface area contributed by atoms with Gasteiger partial charge in [0.25, 0.3) is 5.91 Å². The highest BCUT2D eigenvalue weighted by Gasteiger charge is 2.27. The molecule has 2 heterocycles. The maximum absolute atomic E-state index is 12.4. The lowest BCUT2D eigenvalue weighted by Crippen LogP contribution is -2.48. The third-order valence-corrected chi connectivity index (χ3v) is 2.91. The van der Waals surface area contributed by atoms with Crippen LogP contribution in [-0.2, 0) is 4.74 Å². The minimum atomic E-state index is -0.0487. The Balaban J connectivity index is 2.20. The first-order chi connectivity index (χ1) is 8.61. The molecular formula is C12H18N4O2. The van der Waals surface area contributed by atoms with Crippen molar-refractivity contribution in [3.05, 3.63) is 24.0 Å². The van der Waals surface area contributed by atoms with Crippen LogP contribution in [0.25, 0.3) is 0 Å². The number of hydrogen-bond donors (Lipinski definition) is 2. The number of nitrogen functional groups attached to an aromatic ring is 1. The molecule has 3 N–H and O–H groups in total. The monoisotopic (exact) mass is 250 g/mol. The standard InChI is InChI=1S/C12H18N4O2/c1-8-6-16(7-9(2)18-8)12(17)10-3-4-14-5-11(10)15-13/h3-5,8-9,15H,6-7,13H2,1-2H3. The summed E-state index contributed by atoms with van der Waals surface area (Å²) in [6.45, 7) is 5.11. The fourth-order valence-corrected chi connectivity index (χ4v) is 2.21. The van der Waals surface area contributed by atoms with E-state index in [2.05, 4.69) is 10.4 Å². The Hall–Kier alpha value is -1.66. The van der Waals surface area contributed by atoms with Gasteiger partial charge in [-0.15, -0.1) is 0 Å². The molecule has 6 heteroatoms. The average Bonchev–Trinajstić information content (AvgIpc) is 2.36. The van der Waals surface area contributed by atoms with E-state index in [0.717, 1.165) is 0 Å². The average molecular weight is 250 g/mol. The van der Waals surface area contributed by atoms with E-state index >= 15 is 0 Å². The van der Waals surface area contributed by atoms with Crippen molar-refractivity contribution in [3.63, 3.8) is 0 Å². The highest BCUT2D eigenvalue weighted by molar-refractivity contribution is 5.99. The minimum absolute atomic E-state index is 0.0487. The summed E-state index contributed by atoms with van der Waals surface area (Å²) in [4.78, 5) is 18.1. The molecule has 2 rings (SSSR count). The van der Waals surface area contributed by atoms with Gasteiger partial charge in [0, 0.05) is 19.3 Å². The van der Waals surface area contributed by atoms with Crippen molar-refractivity contribution in [1.29, 1.82) is 0 Å². The third kappa shape index (κ3) is 2.60. The lowest BCUT2D eigenvalue weighted by Gasteiger charge is -2.35. The lowest BCUT2D eigenvalue weighted by molar-refractivity contribution is -0.0585. The molecule has 1 amide bonds. The zero-order valence-electron chi connectivity index (χ0n) is 10.6. The second-order valence-corrected chi connectivity index (χ2v) is 4.53. The number of hydrogen-bond acceptors (Lipinski definition) is 5. The molecular weight excluding hydrogens is 232 g/mol. The van der Waals surface area contributed by atoms with Crippen molar-refractivity contribution in [2.24, 2.45) is 5.84 Å². The Morgan fingerprint density at radius 2 is 2.17 bits per heavy atom. The largest absolute Gasteiger partial charge is 0.372 e. The van der Waals surface area contributed by atoms with Crippen LogP contribution in [-0.4, -0.2) is 41.1 Å². The van der Waals surface area contributed by atoms with Gasteiger partial charge < -0.3 is 15.1 Å². The maximum atomic E-state index is 12.4. The number of morpholine rings is 1. The molecule has 6 nitrogen and oxygen atoms in total. The molecule has 2 unspecified atom stereocenters. The van der Waals surface area contributed by atoms with E-state index in [9.17, 15) is 4.79 Å². The highest BCUT2D eigenvalue weighted by atomic mass is 16.5. The molecule has 0 radical (unpaired) electrons. The topological polar surface area (TPSA) is 80.5 Å². The van der Waals surface area contributed by atoms with Crippen molar-refractivity contribution in [1.82, 2.24) is 9.88 Å². The fraction of sp³-hybridized carbons (Fsp3) is 0.500. The number of rotatable bonds is 2. The van der Waals surface area contributed by atoms with Gasteiger partial charge in [0.2, 0.25) is 0 Å². The molecule has 0 spiro atoms. The van der Waals surface area contributed by atoms with E-state index in [4.69, 9.17) is 10.6 Å². The summed E-state index contributed by atoms with van der Waals surface area (Å²) >= 11 is 0. The van der Waals surface area contributed by atoms with Crippen molar-refractivity contribution in [2.75, 3.05) is 18.5 Å². The van der Waals surface area contributed by atoms with Crippen molar-refractivity contribution in [2.45, 2.75) is 26.1 Å². The minimum Gasteiger partial charge on any atom is -0.372 e. The van der Waals surface area contributed by atoms with E-state index in [0.29, 0.717) is 24.3 Å². The smallest absolute Gasteiger partial charge is 0.256 e. The van der Waals surface area contributed by atoms with Crippen LogP contribution in [0.4, 0.5) is 5.69 Å². The molecule has 1 aromatic rings. The fourth-order valence-electron chi connectivity index (χ4n) is 2.21. The molecule has 2 atom stereocenters. The SMILES string of the molecule is CC1CN(C(=O)c2ccncc2NN)CC(C)O1. The molecule has 98 valence electrons. The Bertz CT molecular complexity index is 428. The molecule has 1 aliphatic rings. The van der Waals surface area contributed by atoms with E-state index in [1.807, 2.05) is 13.8 Å². The zero-order chi connectivity index (χ0) is 13.1. The Morgan fingerprint density at radius 3 is 2.78 bits per heavy atom. The van der Waals surface area contributed by atoms with Gasteiger partial charge in [-0.05, 0) is 19.9 Å². The van der Waals surface area contributed by atoms with Crippen molar-refractivity contribution < 1.29 is 9.53 Å². The predicted molar refractivity (Wildman–Crippen MR) is 68.0 cm³/mol. The van der Waals surface area contributed by atoms with Gasteiger partial charge >= 0.3 is 0 Å². The number of ether oxygens (including phenoxy) is 1. The summed E-state index contributed by atoms with van der Waals surface area (Å²) in [5.41, 5.74) is 3.57. The second kappa shape index (κ2) is 5.32. The predicted octanol–water partition coefficient (Wildman–Crippen LogP) is 0.617. The second-order valence-electron chi connectivity index (χ2n) is 4.53. The Labute approximate surface area is 106 Å². The van der Waals surface area contributed by atoms with Gasteiger partial charge in [-0.25, -0.2) is 0 Å². The van der Waals surface area contributed by atoms with E-state index in [1.54, 1.807) is 23.4 Å². The number of hydrazine groups is 1. The van der Waals surface area contributed by atoms with Crippen LogP contribution < -0.4 is 11.3 Å². The molecule has 1 fully saturated rings. The number of carbonyl (C=O) groups is 1. The van der Waals surface area contributed by atoms with Crippen LogP contribution in [0.2, 0.25) is 0 Å². The number of nitrogens with zero attached hydrogens (tertiary/aromatic N) is 2. The van der Waals surface area contributed by atoms with Crippen LogP contribution in [0.1, 0.15) is 24.2 Å². The molecule has 0 saturated carbocycles. The third-order valence-electron chi connectivity index (χ3n) is 2.91. The van der Waals surface area contributed by atoms with Gasteiger partial charge in [-0.3, -0.25) is 15.6 Å². The number of carbonyl (C=O) groups excluding carboxylic acids is 1. The summed E-state index contributed by atoms with van der Waals surface area (Å²) in [5.74, 6) is 5.34. The number of anilines is 1. The van der Waals surface area contributed by atoms with Gasteiger partial charge in [-0.2, -0.15) is 0 Å². The maximum Gasteiger partial charge on any atom is 0.256 e. The van der Waals surface area contributed by atoms with Crippen LogP contribution in [0.3, 0.4) is 0 Å². The first-order valence-electron chi connectivity index (χ1n) is 5.97. The molecule has 0 aliphatic carbocycles. The van der Waals surface area contributed by atoms with Crippen LogP contribution in [0, 0.1) is 0 Å². The first kappa shape index (κ1) is 12.8. The van der Waals surface area contributed by atoms with E-state index in [1.165, 1.54) is 0 Å². The van der Waals surface area contributed by atoms with Gasteiger partial charge in [0.05, 0.1) is 29.7 Å². The van der Waals surface area contributed by atoms with Crippen LogP contribution in [0.5, 0.6) is 0 Å². The van der Waals surface area contributed by atoms with Gasteiger partial charge in [-0.1, -0.05) is 0 Å². The van der Waals surface area contributed by atoms with Crippen molar-refractivity contribution in [3.8, 4) is 0 Å². The number of aromatic nitrogens is 1. The molecule has 18 heavy (non-hydrogen) atoms. The molecule has 1 aliphatic heterocycles. The quantitative estimate of drug-likeness (QED) is 0.594. The summed E-state index contributed by atoms with van der Waals surface area (Å²) in [6, 6.07) is 1.67.